The monoisotopic (exact) mass is 540 g/mol. The van der Waals surface area contributed by atoms with Crippen molar-refractivity contribution in [3.05, 3.63) is 59.9 Å². The fourth-order valence-corrected chi connectivity index (χ4v) is 5.10. The van der Waals surface area contributed by atoms with Crippen LogP contribution < -0.4 is 29.7 Å². The summed E-state index contributed by atoms with van der Waals surface area (Å²) in [6.45, 7) is 6.21. The molecule has 208 valence electrons. The van der Waals surface area contributed by atoms with E-state index in [1.807, 2.05) is 12.1 Å². The zero-order valence-electron chi connectivity index (χ0n) is 22.3. The molecular formula is C28H34F2N6O3. The molecule has 1 aromatic heterocycles. The standard InChI is InChI=1S/C28H34F2N6O3/c1-37-24-15-25(38-2)27(30)23(26(24)29)18-39-22-16-32-28(33-17-22)34-19-3-5-20(6-4-19)35-11-7-21(8-12-35)36-13-9-31-10-14-36/h3-6,15-17,21,31H,7-14,18H2,1-2H3,(H,32,33,34). The molecule has 0 radical (unpaired) electrons. The van der Waals surface area contributed by atoms with Gasteiger partial charge in [-0.25, -0.2) is 18.7 Å². The molecule has 2 N–H and O–H groups in total. The molecule has 2 aliphatic heterocycles. The minimum absolute atomic E-state index is 0.131. The number of hydrogen-bond donors (Lipinski definition) is 2. The molecule has 9 nitrogen and oxygen atoms in total. The number of aromatic nitrogens is 2. The second-order valence-electron chi connectivity index (χ2n) is 9.59. The molecule has 2 aliphatic rings. The van der Waals surface area contributed by atoms with Crippen LogP contribution in [-0.2, 0) is 6.61 Å². The lowest BCUT2D eigenvalue weighted by molar-refractivity contribution is 0.150. The molecule has 2 saturated heterocycles. The Morgan fingerprint density at radius 2 is 1.54 bits per heavy atom. The van der Waals surface area contributed by atoms with Crippen molar-refractivity contribution in [2.75, 3.05) is 63.7 Å². The lowest BCUT2D eigenvalue weighted by atomic mass is 10.0. The van der Waals surface area contributed by atoms with Crippen LogP contribution in [0.3, 0.4) is 0 Å². The molecular weight excluding hydrogens is 506 g/mol. The van der Waals surface area contributed by atoms with Crippen molar-refractivity contribution in [2.24, 2.45) is 0 Å². The highest BCUT2D eigenvalue weighted by Crippen LogP contribution is 2.32. The minimum atomic E-state index is -0.845. The van der Waals surface area contributed by atoms with Crippen LogP contribution in [0, 0.1) is 11.6 Å². The van der Waals surface area contributed by atoms with Gasteiger partial charge in [0, 0.05) is 62.8 Å². The highest BCUT2D eigenvalue weighted by molar-refractivity contribution is 5.59. The summed E-state index contributed by atoms with van der Waals surface area (Å²) in [7, 11) is 2.59. The maximum atomic E-state index is 14.6. The van der Waals surface area contributed by atoms with Crippen LogP contribution in [0.5, 0.6) is 17.2 Å². The minimum Gasteiger partial charge on any atom is -0.494 e. The van der Waals surface area contributed by atoms with Crippen molar-refractivity contribution in [3.8, 4) is 17.2 Å². The fraction of sp³-hybridized carbons (Fsp3) is 0.429. The van der Waals surface area contributed by atoms with Gasteiger partial charge in [-0.2, -0.15) is 0 Å². The van der Waals surface area contributed by atoms with E-state index in [4.69, 9.17) is 14.2 Å². The number of ether oxygens (including phenoxy) is 3. The normalized spacial score (nSPS) is 16.7. The molecule has 0 saturated carbocycles. The molecule has 3 aromatic rings. The molecule has 0 aliphatic carbocycles. The van der Waals surface area contributed by atoms with Gasteiger partial charge in [-0.15, -0.1) is 0 Å². The Hall–Kier alpha value is -3.70. The predicted octanol–water partition coefficient (Wildman–Crippen LogP) is 3.97. The van der Waals surface area contributed by atoms with E-state index in [2.05, 4.69) is 42.5 Å². The number of hydrogen-bond acceptors (Lipinski definition) is 9. The van der Waals surface area contributed by atoms with E-state index in [0.29, 0.717) is 12.0 Å². The summed E-state index contributed by atoms with van der Waals surface area (Å²) in [5, 5.41) is 6.60. The third-order valence-electron chi connectivity index (χ3n) is 7.30. The van der Waals surface area contributed by atoms with E-state index in [0.717, 1.165) is 51.0 Å². The van der Waals surface area contributed by atoms with Crippen molar-refractivity contribution in [1.82, 2.24) is 20.2 Å². The third-order valence-corrected chi connectivity index (χ3v) is 7.30. The molecule has 2 fully saturated rings. The van der Waals surface area contributed by atoms with E-state index in [1.165, 1.54) is 45.1 Å². The highest BCUT2D eigenvalue weighted by Gasteiger charge is 2.25. The average molecular weight is 541 g/mol. The first kappa shape index (κ1) is 26.9. The molecule has 11 heteroatoms. The zero-order valence-corrected chi connectivity index (χ0v) is 22.3. The molecule has 39 heavy (non-hydrogen) atoms. The largest absolute Gasteiger partial charge is 0.494 e. The Morgan fingerprint density at radius 1 is 0.923 bits per heavy atom. The molecule has 3 heterocycles. The van der Waals surface area contributed by atoms with Gasteiger partial charge in [0.1, 0.15) is 6.61 Å². The Bertz CT molecular complexity index is 1200. The van der Waals surface area contributed by atoms with E-state index in [9.17, 15) is 8.78 Å². The molecule has 0 spiro atoms. The maximum absolute atomic E-state index is 14.6. The van der Waals surface area contributed by atoms with Gasteiger partial charge in [0.25, 0.3) is 0 Å². The average Bonchev–Trinajstić information content (AvgIpc) is 2.99. The Kier molecular flexibility index (Phi) is 8.58. The Morgan fingerprint density at radius 3 is 2.13 bits per heavy atom. The lowest BCUT2D eigenvalue weighted by Crippen LogP contribution is -2.52. The summed E-state index contributed by atoms with van der Waals surface area (Å²) in [4.78, 5) is 13.6. The highest BCUT2D eigenvalue weighted by atomic mass is 19.1. The van der Waals surface area contributed by atoms with Crippen molar-refractivity contribution in [2.45, 2.75) is 25.5 Å². The van der Waals surface area contributed by atoms with Crippen LogP contribution in [0.15, 0.2) is 42.7 Å². The van der Waals surface area contributed by atoms with E-state index < -0.39 is 11.6 Å². The summed E-state index contributed by atoms with van der Waals surface area (Å²) in [6.07, 6.45) is 5.26. The van der Waals surface area contributed by atoms with Crippen molar-refractivity contribution < 1.29 is 23.0 Å². The Balaban J connectivity index is 1.14. The summed E-state index contributed by atoms with van der Waals surface area (Å²) < 4.78 is 44.6. The number of rotatable bonds is 9. The second kappa shape index (κ2) is 12.4. The summed E-state index contributed by atoms with van der Waals surface area (Å²) in [5.41, 5.74) is 1.76. The van der Waals surface area contributed by atoms with E-state index in [1.54, 1.807) is 0 Å². The molecule has 0 bridgehead atoms. The van der Waals surface area contributed by atoms with Crippen LogP contribution in [0.4, 0.5) is 26.1 Å². The van der Waals surface area contributed by atoms with Crippen LogP contribution in [-0.4, -0.2) is 74.4 Å². The topological polar surface area (TPSA) is 84.0 Å². The van der Waals surface area contributed by atoms with Crippen molar-refractivity contribution in [3.63, 3.8) is 0 Å². The van der Waals surface area contributed by atoms with E-state index >= 15 is 0 Å². The SMILES string of the molecule is COc1cc(OC)c(F)c(COc2cnc(Nc3ccc(N4CCC(N5CCNCC5)CC4)cc3)nc2)c1F. The van der Waals surface area contributed by atoms with Gasteiger partial charge in [-0.1, -0.05) is 0 Å². The number of nitrogens with one attached hydrogen (secondary N) is 2. The number of piperidine rings is 1. The Labute approximate surface area is 227 Å². The molecule has 0 unspecified atom stereocenters. The molecule has 0 atom stereocenters. The quantitative estimate of drug-likeness (QED) is 0.419. The van der Waals surface area contributed by atoms with Crippen LogP contribution in [0.25, 0.3) is 0 Å². The number of anilines is 3. The zero-order chi connectivity index (χ0) is 27.2. The predicted molar refractivity (Wildman–Crippen MR) is 145 cm³/mol. The van der Waals surface area contributed by atoms with E-state index in [-0.39, 0.29) is 29.4 Å². The fourth-order valence-electron chi connectivity index (χ4n) is 5.10. The van der Waals surface area contributed by atoms with Gasteiger partial charge in [0.05, 0.1) is 32.2 Å². The van der Waals surface area contributed by atoms with Gasteiger partial charge in [0.15, 0.2) is 28.9 Å². The van der Waals surface area contributed by atoms with Gasteiger partial charge in [-0.3, -0.25) is 4.90 Å². The molecule has 2 aromatic carbocycles. The van der Waals surface area contributed by atoms with Crippen molar-refractivity contribution >= 4 is 17.3 Å². The number of nitrogens with zero attached hydrogens (tertiary/aromatic N) is 4. The molecule has 0 amide bonds. The second-order valence-corrected chi connectivity index (χ2v) is 9.59. The van der Waals surface area contributed by atoms with Gasteiger partial charge >= 0.3 is 0 Å². The number of piperazine rings is 1. The third kappa shape index (κ3) is 6.31. The van der Waals surface area contributed by atoms with Crippen LogP contribution in [0.2, 0.25) is 0 Å². The van der Waals surface area contributed by atoms with Gasteiger partial charge in [0.2, 0.25) is 5.95 Å². The first-order valence-corrected chi connectivity index (χ1v) is 13.2. The molecule has 5 rings (SSSR count). The number of halogens is 2. The smallest absolute Gasteiger partial charge is 0.227 e. The first-order valence-electron chi connectivity index (χ1n) is 13.2. The van der Waals surface area contributed by atoms with Gasteiger partial charge < -0.3 is 29.7 Å². The number of benzene rings is 2. The first-order chi connectivity index (χ1) is 19.1. The lowest BCUT2D eigenvalue weighted by Gasteiger charge is -2.41. The summed E-state index contributed by atoms with van der Waals surface area (Å²) in [6, 6.07) is 10.1. The van der Waals surface area contributed by atoms with Gasteiger partial charge in [-0.05, 0) is 37.1 Å². The van der Waals surface area contributed by atoms with Crippen molar-refractivity contribution in [1.29, 1.82) is 0 Å². The van der Waals surface area contributed by atoms with Crippen LogP contribution >= 0.6 is 0 Å². The summed E-state index contributed by atoms with van der Waals surface area (Å²) >= 11 is 0. The number of methoxy groups -OCH3 is 2. The summed E-state index contributed by atoms with van der Waals surface area (Å²) in [5.74, 6) is -1.31. The van der Waals surface area contributed by atoms with Crippen LogP contribution in [0.1, 0.15) is 18.4 Å². The maximum Gasteiger partial charge on any atom is 0.227 e.